The van der Waals surface area contributed by atoms with Crippen LogP contribution in [-0.2, 0) is 11.2 Å². The zero-order valence-corrected chi connectivity index (χ0v) is 22.3. The molecule has 2 N–H and O–H groups in total. The van der Waals surface area contributed by atoms with E-state index in [0.717, 1.165) is 36.7 Å². The van der Waals surface area contributed by atoms with Crippen molar-refractivity contribution in [3.8, 4) is 5.75 Å². The molecule has 6 heteroatoms. The van der Waals surface area contributed by atoms with E-state index in [0.29, 0.717) is 6.10 Å². The van der Waals surface area contributed by atoms with Gasteiger partial charge in [0.25, 0.3) is 0 Å². The Morgan fingerprint density at radius 1 is 0.946 bits per heavy atom. The number of fused-ring (bicyclic) bond motifs is 1. The zero-order valence-electron chi connectivity index (χ0n) is 21.6. The summed E-state index contributed by atoms with van der Waals surface area (Å²) in [6.45, 7) is 5.45. The van der Waals surface area contributed by atoms with Crippen molar-refractivity contribution in [3.63, 3.8) is 0 Å². The minimum atomic E-state index is -0.182. The lowest BCUT2D eigenvalue weighted by Crippen LogP contribution is -2.27. The molecule has 2 aliphatic heterocycles. The quantitative estimate of drug-likeness (QED) is 0.393. The van der Waals surface area contributed by atoms with Crippen LogP contribution in [0.2, 0.25) is 5.02 Å². The number of hydrogen-bond acceptors (Lipinski definition) is 4. The van der Waals surface area contributed by atoms with Crippen LogP contribution < -0.4 is 15.4 Å². The Balaban J connectivity index is 0.000000152. The van der Waals surface area contributed by atoms with Crippen LogP contribution in [0.1, 0.15) is 44.1 Å². The second-order valence-electron chi connectivity index (χ2n) is 10.6. The number of hydrogen-bond donors (Lipinski definition) is 1. The van der Waals surface area contributed by atoms with Gasteiger partial charge in [-0.05, 0) is 105 Å². The lowest BCUT2D eigenvalue weighted by atomic mass is 10.1. The first-order chi connectivity index (χ1) is 18.0. The molecule has 1 unspecified atom stereocenters. The maximum Gasteiger partial charge on any atom is 0.222 e. The van der Waals surface area contributed by atoms with E-state index in [1.807, 2.05) is 18.2 Å². The van der Waals surface area contributed by atoms with E-state index in [9.17, 15) is 4.79 Å². The molecule has 37 heavy (non-hydrogen) atoms. The molecule has 3 fully saturated rings. The molecule has 5 nitrogen and oxygen atoms in total. The monoisotopic (exact) mass is 519 g/mol. The number of nitrogens with two attached hydrogens (primary N) is 1. The van der Waals surface area contributed by atoms with Crippen molar-refractivity contribution in [1.29, 1.82) is 0 Å². The number of carbonyl (C=O) groups is 1. The molecule has 1 atom stereocenters. The van der Waals surface area contributed by atoms with Gasteiger partial charge in [-0.1, -0.05) is 48.0 Å². The standard InChI is InChI=1S/C16H22ClNO.C15H16N2O/c17-15-12-13(4-3-11-18-9-1-2-10-18)5-8-16(15)19-14-6-7-14;16-15(18)13-7-8-17(10-13)14-6-5-11-3-1-2-4-12(11)9-14/h5,8,12,14H,1-4,6-7,9-11H2;1-6,9,13H,7-8,10H2,(H2,16,18). The van der Waals surface area contributed by atoms with Gasteiger partial charge < -0.3 is 20.3 Å². The van der Waals surface area contributed by atoms with E-state index in [1.54, 1.807) is 0 Å². The van der Waals surface area contributed by atoms with Crippen molar-refractivity contribution in [2.75, 3.05) is 37.6 Å². The predicted molar refractivity (Wildman–Crippen MR) is 153 cm³/mol. The Labute approximate surface area is 225 Å². The lowest BCUT2D eigenvalue weighted by molar-refractivity contribution is -0.121. The summed E-state index contributed by atoms with van der Waals surface area (Å²) in [5.41, 5.74) is 7.87. The third-order valence-electron chi connectivity index (χ3n) is 7.64. The van der Waals surface area contributed by atoms with E-state index >= 15 is 0 Å². The number of amides is 1. The first kappa shape index (κ1) is 25.9. The average molecular weight is 520 g/mol. The van der Waals surface area contributed by atoms with Crippen LogP contribution in [-0.4, -0.2) is 49.6 Å². The summed E-state index contributed by atoms with van der Waals surface area (Å²) >= 11 is 6.27. The van der Waals surface area contributed by atoms with E-state index in [-0.39, 0.29) is 11.8 Å². The number of nitrogens with zero attached hydrogens (tertiary/aromatic N) is 2. The maximum atomic E-state index is 11.2. The SMILES string of the molecule is Clc1cc(CCCN2CCCC2)ccc1OC1CC1.NC(=O)C1CCN(c2ccc3ccccc3c2)C1. The van der Waals surface area contributed by atoms with Gasteiger partial charge in [-0.15, -0.1) is 0 Å². The van der Waals surface area contributed by atoms with Crippen LogP contribution in [0.5, 0.6) is 5.75 Å². The van der Waals surface area contributed by atoms with Crippen molar-refractivity contribution in [3.05, 3.63) is 71.2 Å². The van der Waals surface area contributed by atoms with E-state index < -0.39 is 0 Å². The number of likely N-dealkylation sites (tertiary alicyclic amines) is 1. The fourth-order valence-corrected chi connectivity index (χ4v) is 5.52. The molecule has 2 heterocycles. The van der Waals surface area contributed by atoms with Gasteiger partial charge in [0.1, 0.15) is 5.75 Å². The normalized spacial score (nSPS) is 19.6. The fourth-order valence-electron chi connectivity index (χ4n) is 5.27. The molecule has 6 rings (SSSR count). The van der Waals surface area contributed by atoms with Gasteiger partial charge in [-0.2, -0.15) is 0 Å². The molecule has 1 amide bonds. The molecule has 3 aromatic carbocycles. The third kappa shape index (κ3) is 7.18. The van der Waals surface area contributed by atoms with Gasteiger partial charge >= 0.3 is 0 Å². The number of halogens is 1. The summed E-state index contributed by atoms with van der Waals surface area (Å²) in [6.07, 6.45) is 8.71. The number of primary amides is 1. The van der Waals surface area contributed by atoms with Crippen molar-refractivity contribution in [2.24, 2.45) is 11.7 Å². The minimum absolute atomic E-state index is 0.00327. The Morgan fingerprint density at radius 3 is 2.43 bits per heavy atom. The van der Waals surface area contributed by atoms with Crippen LogP contribution in [0.3, 0.4) is 0 Å². The summed E-state index contributed by atoms with van der Waals surface area (Å²) < 4.78 is 5.76. The van der Waals surface area contributed by atoms with Gasteiger partial charge in [0.2, 0.25) is 5.91 Å². The summed E-state index contributed by atoms with van der Waals surface area (Å²) in [7, 11) is 0. The highest BCUT2D eigenvalue weighted by atomic mass is 35.5. The molecule has 1 saturated carbocycles. The molecule has 0 spiro atoms. The van der Waals surface area contributed by atoms with Gasteiger partial charge in [0.05, 0.1) is 17.0 Å². The van der Waals surface area contributed by atoms with Gasteiger partial charge in [0.15, 0.2) is 0 Å². The first-order valence-electron chi connectivity index (χ1n) is 13.8. The Bertz CT molecular complexity index is 1210. The zero-order chi connectivity index (χ0) is 25.6. The number of rotatable bonds is 8. The molecule has 0 aromatic heterocycles. The van der Waals surface area contributed by atoms with Crippen LogP contribution >= 0.6 is 11.6 Å². The molecule has 2 saturated heterocycles. The molecular formula is C31H38ClN3O2. The van der Waals surface area contributed by atoms with Gasteiger partial charge in [-0.3, -0.25) is 4.79 Å². The molecule has 0 bridgehead atoms. The largest absolute Gasteiger partial charge is 0.489 e. The van der Waals surface area contributed by atoms with Gasteiger partial charge in [0, 0.05) is 18.8 Å². The maximum absolute atomic E-state index is 11.2. The molecule has 3 aliphatic rings. The number of ether oxygens (including phenoxy) is 1. The van der Waals surface area contributed by atoms with Crippen molar-refractivity contribution < 1.29 is 9.53 Å². The van der Waals surface area contributed by atoms with E-state index in [4.69, 9.17) is 22.1 Å². The highest BCUT2D eigenvalue weighted by molar-refractivity contribution is 6.32. The number of carbonyl (C=O) groups excluding carboxylic acids is 1. The minimum Gasteiger partial charge on any atom is -0.489 e. The van der Waals surface area contributed by atoms with Crippen molar-refractivity contribution >= 4 is 34.0 Å². The van der Waals surface area contributed by atoms with Crippen molar-refractivity contribution in [2.45, 2.75) is 51.0 Å². The molecule has 0 radical (unpaired) electrons. The molecule has 196 valence electrons. The molecule has 3 aromatic rings. The summed E-state index contributed by atoms with van der Waals surface area (Å²) in [5.74, 6) is 0.669. The predicted octanol–water partition coefficient (Wildman–Crippen LogP) is 6.06. The first-order valence-corrected chi connectivity index (χ1v) is 14.1. The van der Waals surface area contributed by atoms with E-state index in [2.05, 4.69) is 52.3 Å². The molecule has 1 aliphatic carbocycles. The summed E-state index contributed by atoms with van der Waals surface area (Å²) in [5, 5.41) is 3.25. The summed E-state index contributed by atoms with van der Waals surface area (Å²) in [6, 6.07) is 21.0. The van der Waals surface area contributed by atoms with Crippen LogP contribution in [0.4, 0.5) is 5.69 Å². The fraction of sp³-hybridized carbons (Fsp3) is 0.452. The second kappa shape index (κ2) is 12.2. The number of anilines is 1. The Kier molecular flexibility index (Phi) is 8.52. The van der Waals surface area contributed by atoms with Crippen molar-refractivity contribution in [1.82, 2.24) is 4.90 Å². The smallest absolute Gasteiger partial charge is 0.222 e. The Morgan fingerprint density at radius 2 is 1.73 bits per heavy atom. The topological polar surface area (TPSA) is 58.8 Å². The average Bonchev–Trinajstić information content (AvgIpc) is 3.34. The Hall–Kier alpha value is -2.76. The second-order valence-corrected chi connectivity index (χ2v) is 11.0. The summed E-state index contributed by atoms with van der Waals surface area (Å²) in [4.78, 5) is 16.0. The van der Waals surface area contributed by atoms with E-state index in [1.165, 1.54) is 73.8 Å². The molecular weight excluding hydrogens is 482 g/mol. The van der Waals surface area contributed by atoms with Gasteiger partial charge in [-0.25, -0.2) is 0 Å². The third-order valence-corrected chi connectivity index (χ3v) is 7.94. The van der Waals surface area contributed by atoms with Crippen LogP contribution in [0.15, 0.2) is 60.7 Å². The lowest BCUT2D eigenvalue weighted by Gasteiger charge is -2.18. The highest BCUT2D eigenvalue weighted by Gasteiger charge is 2.27. The van der Waals surface area contributed by atoms with Crippen LogP contribution in [0.25, 0.3) is 10.8 Å². The van der Waals surface area contributed by atoms with Crippen LogP contribution in [0, 0.1) is 5.92 Å². The number of aryl methyl sites for hydroxylation is 1. The number of benzene rings is 3. The highest BCUT2D eigenvalue weighted by Crippen LogP contribution is 2.32.